The van der Waals surface area contributed by atoms with Gasteiger partial charge in [0.2, 0.25) is 0 Å². The van der Waals surface area contributed by atoms with Gasteiger partial charge in [0, 0.05) is 24.9 Å². The molecule has 0 N–H and O–H groups in total. The third kappa shape index (κ3) is 2.21. The first-order valence-corrected chi connectivity index (χ1v) is 6.90. The zero-order valence-electron chi connectivity index (χ0n) is 11.2. The van der Waals surface area contributed by atoms with Crippen LogP contribution in [0.15, 0.2) is 36.7 Å². The Balaban J connectivity index is 1.79. The van der Waals surface area contributed by atoms with Crippen molar-refractivity contribution < 1.29 is 4.79 Å². The molecular formula is C16H18N2O. The van der Waals surface area contributed by atoms with Crippen LogP contribution in [0.5, 0.6) is 0 Å². The molecule has 1 aliphatic rings. The maximum atomic E-state index is 12.5. The van der Waals surface area contributed by atoms with E-state index < -0.39 is 0 Å². The van der Waals surface area contributed by atoms with Crippen LogP contribution in [-0.4, -0.2) is 15.3 Å². The molecular weight excluding hydrogens is 236 g/mol. The van der Waals surface area contributed by atoms with E-state index in [-0.39, 0.29) is 5.92 Å². The predicted molar refractivity (Wildman–Crippen MR) is 74.1 cm³/mol. The number of fused-ring (bicyclic) bond motifs is 1. The third-order valence-corrected chi connectivity index (χ3v) is 4.00. The van der Waals surface area contributed by atoms with Crippen molar-refractivity contribution in [3.05, 3.63) is 53.6 Å². The van der Waals surface area contributed by atoms with E-state index in [9.17, 15) is 4.79 Å². The highest BCUT2D eigenvalue weighted by molar-refractivity contribution is 5.88. The summed E-state index contributed by atoms with van der Waals surface area (Å²) in [5.74, 6) is 1.25. The average Bonchev–Trinajstić information content (AvgIpc) is 3.04. The lowest BCUT2D eigenvalue weighted by Gasteiger charge is -2.11. The summed E-state index contributed by atoms with van der Waals surface area (Å²) in [6, 6.07) is 8.31. The van der Waals surface area contributed by atoms with Gasteiger partial charge in [-0.2, -0.15) is 0 Å². The number of benzene rings is 1. The van der Waals surface area contributed by atoms with Gasteiger partial charge in [-0.05, 0) is 30.9 Å². The molecule has 0 amide bonds. The van der Waals surface area contributed by atoms with Gasteiger partial charge in [0.1, 0.15) is 11.6 Å². The molecule has 0 saturated heterocycles. The second-order valence-corrected chi connectivity index (χ2v) is 5.06. The van der Waals surface area contributed by atoms with E-state index in [4.69, 9.17) is 0 Å². The first kappa shape index (κ1) is 12.2. The number of rotatable bonds is 4. The summed E-state index contributed by atoms with van der Waals surface area (Å²) in [5, 5.41) is 0. The molecule has 1 aromatic heterocycles. The lowest BCUT2D eigenvalue weighted by atomic mass is 9.95. The molecule has 1 atom stereocenters. The highest BCUT2D eigenvalue weighted by Gasteiger charge is 2.28. The van der Waals surface area contributed by atoms with Crippen LogP contribution in [0.25, 0.3) is 0 Å². The van der Waals surface area contributed by atoms with E-state index in [0.717, 1.165) is 25.2 Å². The van der Waals surface area contributed by atoms with E-state index in [0.29, 0.717) is 12.2 Å². The predicted octanol–water partition coefficient (Wildman–Crippen LogP) is 2.74. The van der Waals surface area contributed by atoms with Crippen LogP contribution in [0.3, 0.4) is 0 Å². The standard InChI is InChI=1S/C16H18N2O/c1-2-18-10-9-17-16(18)11-15(19)14-8-7-12-5-3-4-6-13(12)14/h3-6,9-10,14H,2,7-8,11H2,1H3. The monoisotopic (exact) mass is 254 g/mol. The van der Waals surface area contributed by atoms with Gasteiger partial charge in [-0.1, -0.05) is 24.3 Å². The number of imidazole rings is 1. The quantitative estimate of drug-likeness (QED) is 0.841. The topological polar surface area (TPSA) is 34.9 Å². The fourth-order valence-electron chi connectivity index (χ4n) is 2.97. The van der Waals surface area contributed by atoms with Crippen LogP contribution in [-0.2, 0) is 24.2 Å². The Morgan fingerprint density at radius 3 is 3.11 bits per heavy atom. The van der Waals surface area contributed by atoms with Crippen LogP contribution in [0.4, 0.5) is 0 Å². The van der Waals surface area contributed by atoms with E-state index in [1.54, 1.807) is 6.20 Å². The van der Waals surface area contributed by atoms with Crippen molar-refractivity contribution in [3.8, 4) is 0 Å². The fourth-order valence-corrected chi connectivity index (χ4v) is 2.97. The van der Waals surface area contributed by atoms with Crippen molar-refractivity contribution in [1.29, 1.82) is 0 Å². The van der Waals surface area contributed by atoms with Gasteiger partial charge in [-0.3, -0.25) is 4.79 Å². The molecule has 0 saturated carbocycles. The summed E-state index contributed by atoms with van der Waals surface area (Å²) in [5.41, 5.74) is 2.56. The minimum Gasteiger partial charge on any atom is -0.335 e. The second-order valence-electron chi connectivity index (χ2n) is 5.06. The smallest absolute Gasteiger partial charge is 0.147 e. The molecule has 0 aliphatic heterocycles. The number of aryl methyl sites for hydroxylation is 2. The maximum absolute atomic E-state index is 12.5. The van der Waals surface area contributed by atoms with Gasteiger partial charge in [0.25, 0.3) is 0 Å². The van der Waals surface area contributed by atoms with Gasteiger partial charge >= 0.3 is 0 Å². The minimum atomic E-state index is 0.0678. The molecule has 3 heteroatoms. The first-order valence-electron chi connectivity index (χ1n) is 6.90. The molecule has 19 heavy (non-hydrogen) atoms. The van der Waals surface area contributed by atoms with Crippen LogP contribution >= 0.6 is 0 Å². The van der Waals surface area contributed by atoms with Crippen LogP contribution in [0.2, 0.25) is 0 Å². The number of hydrogen-bond acceptors (Lipinski definition) is 2. The number of ketones is 1. The molecule has 98 valence electrons. The van der Waals surface area contributed by atoms with Crippen molar-refractivity contribution in [3.63, 3.8) is 0 Å². The van der Waals surface area contributed by atoms with Crippen LogP contribution in [0, 0.1) is 0 Å². The summed E-state index contributed by atoms with van der Waals surface area (Å²) < 4.78 is 2.04. The van der Waals surface area contributed by atoms with E-state index in [1.807, 2.05) is 16.8 Å². The zero-order valence-corrected chi connectivity index (χ0v) is 11.2. The van der Waals surface area contributed by atoms with Gasteiger partial charge in [0.15, 0.2) is 0 Å². The number of aromatic nitrogens is 2. The SMILES string of the molecule is CCn1ccnc1CC(=O)C1CCc2ccccc21. The molecule has 0 spiro atoms. The van der Waals surface area contributed by atoms with Crippen LogP contribution < -0.4 is 0 Å². The molecule has 1 unspecified atom stereocenters. The normalized spacial score (nSPS) is 17.4. The maximum Gasteiger partial charge on any atom is 0.147 e. The largest absolute Gasteiger partial charge is 0.335 e. The Hall–Kier alpha value is -1.90. The number of carbonyl (C=O) groups is 1. The van der Waals surface area contributed by atoms with E-state index in [1.165, 1.54) is 11.1 Å². The van der Waals surface area contributed by atoms with Crippen molar-refractivity contribution in [1.82, 2.24) is 9.55 Å². The van der Waals surface area contributed by atoms with E-state index in [2.05, 4.69) is 30.1 Å². The number of hydrogen-bond donors (Lipinski definition) is 0. The van der Waals surface area contributed by atoms with Gasteiger partial charge < -0.3 is 4.57 Å². The summed E-state index contributed by atoms with van der Waals surface area (Å²) in [6.45, 7) is 2.93. The van der Waals surface area contributed by atoms with Crippen molar-refractivity contribution >= 4 is 5.78 Å². The summed E-state index contributed by atoms with van der Waals surface area (Å²) in [4.78, 5) is 16.8. The Morgan fingerprint density at radius 1 is 1.42 bits per heavy atom. The molecule has 3 rings (SSSR count). The second kappa shape index (κ2) is 5.00. The van der Waals surface area contributed by atoms with Gasteiger partial charge in [-0.25, -0.2) is 4.98 Å². The minimum absolute atomic E-state index is 0.0678. The molecule has 3 nitrogen and oxygen atoms in total. The van der Waals surface area contributed by atoms with Crippen molar-refractivity contribution in [2.24, 2.45) is 0 Å². The summed E-state index contributed by atoms with van der Waals surface area (Å²) in [6.07, 6.45) is 6.12. The number of nitrogens with zero attached hydrogens (tertiary/aromatic N) is 2. The Bertz CT molecular complexity index is 600. The molecule has 1 heterocycles. The lowest BCUT2D eigenvalue weighted by Crippen LogP contribution is -2.15. The highest BCUT2D eigenvalue weighted by Crippen LogP contribution is 2.34. The van der Waals surface area contributed by atoms with Crippen LogP contribution in [0.1, 0.15) is 36.2 Å². The average molecular weight is 254 g/mol. The molecule has 0 bridgehead atoms. The van der Waals surface area contributed by atoms with Gasteiger partial charge in [0.05, 0.1) is 6.42 Å². The Morgan fingerprint density at radius 2 is 2.26 bits per heavy atom. The van der Waals surface area contributed by atoms with Crippen molar-refractivity contribution in [2.75, 3.05) is 0 Å². The highest BCUT2D eigenvalue weighted by atomic mass is 16.1. The van der Waals surface area contributed by atoms with Gasteiger partial charge in [-0.15, -0.1) is 0 Å². The van der Waals surface area contributed by atoms with E-state index >= 15 is 0 Å². The molecule has 2 aromatic rings. The molecule has 0 fully saturated rings. The zero-order chi connectivity index (χ0) is 13.2. The summed E-state index contributed by atoms with van der Waals surface area (Å²) in [7, 11) is 0. The molecule has 0 radical (unpaired) electrons. The Labute approximate surface area is 113 Å². The molecule has 1 aliphatic carbocycles. The number of Topliss-reactive ketones (excluding diaryl/α,β-unsaturated/α-hetero) is 1. The Kier molecular flexibility index (Phi) is 3.20. The molecule has 1 aromatic carbocycles. The fraction of sp³-hybridized carbons (Fsp3) is 0.375. The third-order valence-electron chi connectivity index (χ3n) is 4.00. The first-order chi connectivity index (χ1) is 9.29. The van der Waals surface area contributed by atoms with Crippen molar-refractivity contribution in [2.45, 2.75) is 38.6 Å². The summed E-state index contributed by atoms with van der Waals surface area (Å²) >= 11 is 0. The number of carbonyl (C=O) groups excluding carboxylic acids is 1. The lowest BCUT2D eigenvalue weighted by molar-refractivity contribution is -0.120.